The minimum atomic E-state index is -4.41. The molecule has 1 aromatic carbocycles. The number of alkyl halides is 3. The van der Waals surface area contributed by atoms with E-state index in [4.69, 9.17) is 0 Å². The number of amides is 1. The molecule has 0 bridgehead atoms. The van der Waals surface area contributed by atoms with E-state index in [2.05, 4.69) is 4.98 Å². The number of para-hydroxylation sites is 1. The van der Waals surface area contributed by atoms with Crippen molar-refractivity contribution in [2.24, 2.45) is 5.92 Å². The first-order valence-electron chi connectivity index (χ1n) is 7.94. The van der Waals surface area contributed by atoms with E-state index in [9.17, 15) is 18.0 Å². The number of benzene rings is 1. The molecule has 1 amide bonds. The molecule has 2 aliphatic heterocycles. The van der Waals surface area contributed by atoms with E-state index in [1.54, 1.807) is 6.07 Å². The van der Waals surface area contributed by atoms with Gasteiger partial charge in [0, 0.05) is 26.2 Å². The maximum absolute atomic E-state index is 13.1. The molecule has 8 heteroatoms. The molecule has 4 nitrogen and oxygen atoms in total. The van der Waals surface area contributed by atoms with Crippen LogP contribution in [0.4, 0.5) is 18.3 Å². The first-order chi connectivity index (χ1) is 11.4. The van der Waals surface area contributed by atoms with Gasteiger partial charge in [-0.3, -0.25) is 4.79 Å². The Labute approximate surface area is 140 Å². The summed E-state index contributed by atoms with van der Waals surface area (Å²) < 4.78 is 39.7. The SMILES string of the molecule is O=C(C1CN(c2nc3c(C(F)(F)F)cccc3s2)C1)N1CCCC1. The number of aromatic nitrogens is 1. The van der Waals surface area contributed by atoms with Gasteiger partial charge in [0.1, 0.15) is 0 Å². The van der Waals surface area contributed by atoms with Crippen LogP contribution in [0, 0.1) is 5.92 Å². The largest absolute Gasteiger partial charge is 0.418 e. The zero-order valence-electron chi connectivity index (χ0n) is 12.8. The molecular formula is C16H16F3N3OS. The number of likely N-dealkylation sites (tertiary alicyclic amines) is 1. The van der Waals surface area contributed by atoms with E-state index >= 15 is 0 Å². The molecule has 4 rings (SSSR count). The van der Waals surface area contributed by atoms with Crippen molar-refractivity contribution < 1.29 is 18.0 Å². The number of anilines is 1. The first-order valence-corrected chi connectivity index (χ1v) is 8.75. The van der Waals surface area contributed by atoms with Gasteiger partial charge >= 0.3 is 6.18 Å². The predicted octanol–water partition coefficient (Wildman–Crippen LogP) is 3.37. The quantitative estimate of drug-likeness (QED) is 0.829. The molecule has 2 aliphatic rings. The second-order valence-corrected chi connectivity index (χ2v) is 7.29. The number of fused-ring (bicyclic) bond motifs is 1. The number of rotatable bonds is 2. The van der Waals surface area contributed by atoms with Crippen molar-refractivity contribution in [3.8, 4) is 0 Å². The number of nitrogens with zero attached hydrogens (tertiary/aromatic N) is 3. The van der Waals surface area contributed by atoms with Gasteiger partial charge in [0.05, 0.1) is 21.7 Å². The molecule has 0 atom stereocenters. The van der Waals surface area contributed by atoms with Crippen LogP contribution in [0.25, 0.3) is 10.2 Å². The minimum absolute atomic E-state index is 0.000630. The Morgan fingerprint density at radius 2 is 1.92 bits per heavy atom. The van der Waals surface area contributed by atoms with Crippen LogP contribution in [0.1, 0.15) is 18.4 Å². The number of hydrogen-bond donors (Lipinski definition) is 0. The van der Waals surface area contributed by atoms with Crippen LogP contribution in [-0.4, -0.2) is 42.0 Å². The molecular weight excluding hydrogens is 339 g/mol. The highest BCUT2D eigenvalue weighted by Crippen LogP contribution is 2.39. The van der Waals surface area contributed by atoms with Gasteiger partial charge in [-0.1, -0.05) is 17.4 Å². The lowest BCUT2D eigenvalue weighted by atomic mass is 9.99. The Morgan fingerprint density at radius 1 is 1.21 bits per heavy atom. The fourth-order valence-corrected chi connectivity index (χ4v) is 4.30. The number of carbonyl (C=O) groups is 1. The number of halogens is 3. The summed E-state index contributed by atoms with van der Waals surface area (Å²) in [7, 11) is 0. The summed E-state index contributed by atoms with van der Waals surface area (Å²) in [5.74, 6) is 0.109. The molecule has 3 heterocycles. The average molecular weight is 355 g/mol. The van der Waals surface area contributed by atoms with Gasteiger partial charge in [0.15, 0.2) is 5.13 Å². The van der Waals surface area contributed by atoms with Crippen molar-refractivity contribution in [2.75, 3.05) is 31.1 Å². The van der Waals surface area contributed by atoms with Crippen molar-refractivity contribution in [2.45, 2.75) is 19.0 Å². The van der Waals surface area contributed by atoms with E-state index in [0.29, 0.717) is 22.9 Å². The van der Waals surface area contributed by atoms with Crippen LogP contribution in [-0.2, 0) is 11.0 Å². The topological polar surface area (TPSA) is 36.4 Å². The van der Waals surface area contributed by atoms with E-state index in [1.807, 2.05) is 9.80 Å². The first kappa shape index (κ1) is 15.7. The average Bonchev–Trinajstić information content (AvgIpc) is 3.13. The molecule has 1 aromatic heterocycles. The third kappa shape index (κ3) is 2.62. The van der Waals surface area contributed by atoms with Crippen LogP contribution in [0.5, 0.6) is 0 Å². The molecule has 24 heavy (non-hydrogen) atoms. The van der Waals surface area contributed by atoms with Crippen LogP contribution in [0.2, 0.25) is 0 Å². The van der Waals surface area contributed by atoms with Gasteiger partial charge in [-0.15, -0.1) is 0 Å². The molecule has 0 radical (unpaired) electrons. The normalized spacial score (nSPS) is 19.1. The number of thiazole rings is 1. The Kier molecular flexibility index (Phi) is 3.67. The predicted molar refractivity (Wildman–Crippen MR) is 86.1 cm³/mol. The van der Waals surface area contributed by atoms with E-state index in [1.165, 1.54) is 17.4 Å². The zero-order chi connectivity index (χ0) is 16.9. The van der Waals surface area contributed by atoms with Gasteiger partial charge < -0.3 is 9.80 Å². The molecule has 0 aliphatic carbocycles. The molecule has 0 N–H and O–H groups in total. The van der Waals surface area contributed by atoms with Crippen LogP contribution in [0.3, 0.4) is 0 Å². The van der Waals surface area contributed by atoms with Crippen LogP contribution < -0.4 is 4.90 Å². The summed E-state index contributed by atoms with van der Waals surface area (Å²) in [5, 5.41) is 0.562. The summed E-state index contributed by atoms with van der Waals surface area (Å²) in [4.78, 5) is 20.3. The molecule has 128 valence electrons. The summed E-state index contributed by atoms with van der Waals surface area (Å²) in [6, 6.07) is 4.11. The number of carbonyl (C=O) groups excluding carboxylic acids is 1. The molecule has 2 aromatic rings. The zero-order valence-corrected chi connectivity index (χ0v) is 13.7. The summed E-state index contributed by atoms with van der Waals surface area (Å²) in [5.41, 5.74) is -0.702. The highest BCUT2D eigenvalue weighted by molar-refractivity contribution is 7.22. The highest BCUT2D eigenvalue weighted by atomic mass is 32.1. The van der Waals surface area contributed by atoms with Gasteiger partial charge in [-0.2, -0.15) is 13.2 Å². The Bertz CT molecular complexity index is 776. The maximum Gasteiger partial charge on any atom is 0.418 e. The van der Waals surface area contributed by atoms with Gasteiger partial charge in [-0.25, -0.2) is 4.98 Å². The fraction of sp³-hybridized carbons (Fsp3) is 0.500. The molecule has 0 saturated carbocycles. The van der Waals surface area contributed by atoms with Crippen molar-refractivity contribution in [1.82, 2.24) is 9.88 Å². The molecule has 0 unspecified atom stereocenters. The summed E-state index contributed by atoms with van der Waals surface area (Å²) in [6.45, 7) is 2.73. The van der Waals surface area contributed by atoms with E-state index in [-0.39, 0.29) is 17.3 Å². The highest BCUT2D eigenvalue weighted by Gasteiger charge is 2.38. The van der Waals surface area contributed by atoms with Crippen molar-refractivity contribution in [3.63, 3.8) is 0 Å². The summed E-state index contributed by atoms with van der Waals surface area (Å²) in [6.07, 6.45) is -2.30. The second kappa shape index (κ2) is 5.61. The van der Waals surface area contributed by atoms with Crippen molar-refractivity contribution in [1.29, 1.82) is 0 Å². The molecule has 0 spiro atoms. The van der Waals surface area contributed by atoms with E-state index < -0.39 is 11.7 Å². The van der Waals surface area contributed by atoms with Gasteiger partial charge in [0.25, 0.3) is 0 Å². The Morgan fingerprint density at radius 3 is 2.58 bits per heavy atom. The Balaban J connectivity index is 1.51. The monoisotopic (exact) mass is 355 g/mol. The Hall–Kier alpha value is -1.83. The van der Waals surface area contributed by atoms with E-state index in [0.717, 1.165) is 32.0 Å². The smallest absolute Gasteiger partial charge is 0.346 e. The lowest BCUT2D eigenvalue weighted by molar-refractivity contribution is -0.136. The molecule has 2 fully saturated rings. The third-order valence-corrected chi connectivity index (χ3v) is 5.71. The van der Waals surface area contributed by atoms with Crippen LogP contribution >= 0.6 is 11.3 Å². The second-order valence-electron chi connectivity index (χ2n) is 6.28. The standard InChI is InChI=1S/C16H16F3N3OS/c17-16(18,19)11-4-3-5-12-13(11)20-15(24-12)22-8-10(9-22)14(23)21-6-1-2-7-21/h3-5,10H,1-2,6-9H2. The fourth-order valence-electron chi connectivity index (χ4n) is 3.29. The lowest BCUT2D eigenvalue weighted by Crippen LogP contribution is -2.54. The maximum atomic E-state index is 13.1. The molecule has 2 saturated heterocycles. The number of hydrogen-bond acceptors (Lipinski definition) is 4. The minimum Gasteiger partial charge on any atom is -0.346 e. The van der Waals surface area contributed by atoms with Gasteiger partial charge in [0.2, 0.25) is 5.91 Å². The lowest BCUT2D eigenvalue weighted by Gasteiger charge is -2.39. The van der Waals surface area contributed by atoms with Crippen LogP contribution in [0.15, 0.2) is 18.2 Å². The van der Waals surface area contributed by atoms with Crippen molar-refractivity contribution >= 4 is 32.6 Å². The summed E-state index contributed by atoms with van der Waals surface area (Å²) >= 11 is 1.25. The van der Waals surface area contributed by atoms with Crippen molar-refractivity contribution in [3.05, 3.63) is 23.8 Å². The third-order valence-electron chi connectivity index (χ3n) is 4.63. The van der Waals surface area contributed by atoms with Gasteiger partial charge in [-0.05, 0) is 25.0 Å².